The van der Waals surface area contributed by atoms with E-state index in [2.05, 4.69) is 68.1 Å². The van der Waals surface area contributed by atoms with E-state index >= 15 is 0 Å². The van der Waals surface area contributed by atoms with Gasteiger partial charge in [-0.25, -0.2) is 0 Å². The zero-order chi connectivity index (χ0) is 15.1. The standard InChI is InChI=1S/C15H13Br2N3S/c1-8-4-3-5-9(6-8)12-13(19-20(2)15(12)18)10-7-11(16)21-14(10)17/h3-7H,18H2,1-2H3. The van der Waals surface area contributed by atoms with E-state index in [4.69, 9.17) is 5.73 Å². The summed E-state index contributed by atoms with van der Waals surface area (Å²) >= 11 is 8.76. The van der Waals surface area contributed by atoms with Crippen molar-refractivity contribution in [3.63, 3.8) is 0 Å². The van der Waals surface area contributed by atoms with Crippen LogP contribution in [0, 0.1) is 6.92 Å². The maximum Gasteiger partial charge on any atom is 0.129 e. The first-order valence-corrected chi connectivity index (χ1v) is 8.72. The average molecular weight is 427 g/mol. The molecule has 0 spiro atoms. The number of thiophene rings is 1. The summed E-state index contributed by atoms with van der Waals surface area (Å²) in [5.74, 6) is 0.671. The molecule has 3 nitrogen and oxygen atoms in total. The lowest BCUT2D eigenvalue weighted by Gasteiger charge is -2.05. The van der Waals surface area contributed by atoms with Crippen molar-refractivity contribution in [1.29, 1.82) is 0 Å². The summed E-state index contributed by atoms with van der Waals surface area (Å²) in [6.45, 7) is 2.08. The highest BCUT2D eigenvalue weighted by atomic mass is 79.9. The number of hydrogen-bond acceptors (Lipinski definition) is 3. The van der Waals surface area contributed by atoms with Gasteiger partial charge in [0, 0.05) is 12.6 Å². The Bertz CT molecular complexity index is 820. The van der Waals surface area contributed by atoms with Gasteiger partial charge >= 0.3 is 0 Å². The van der Waals surface area contributed by atoms with Crippen LogP contribution in [-0.2, 0) is 7.05 Å². The predicted molar refractivity (Wildman–Crippen MR) is 96.5 cm³/mol. The molecule has 0 unspecified atom stereocenters. The highest BCUT2D eigenvalue weighted by Crippen LogP contribution is 2.43. The van der Waals surface area contributed by atoms with Gasteiger partial charge in [-0.15, -0.1) is 11.3 Å². The number of hydrogen-bond donors (Lipinski definition) is 1. The van der Waals surface area contributed by atoms with Crippen molar-refractivity contribution < 1.29 is 0 Å². The first-order chi connectivity index (χ1) is 9.97. The predicted octanol–water partition coefficient (Wildman–Crippen LogP) is 5.23. The van der Waals surface area contributed by atoms with Gasteiger partial charge < -0.3 is 5.73 Å². The Morgan fingerprint density at radius 1 is 1.24 bits per heavy atom. The second-order valence-corrected chi connectivity index (χ2v) is 8.59. The fourth-order valence-corrected chi connectivity index (χ4v) is 5.12. The molecule has 6 heteroatoms. The minimum absolute atomic E-state index is 0.671. The minimum Gasteiger partial charge on any atom is -0.383 e. The summed E-state index contributed by atoms with van der Waals surface area (Å²) in [4.78, 5) is 0. The van der Waals surface area contributed by atoms with Gasteiger partial charge in [-0.3, -0.25) is 4.68 Å². The first-order valence-electron chi connectivity index (χ1n) is 6.32. The first kappa shape index (κ1) is 14.8. The SMILES string of the molecule is Cc1cccc(-c2c(-c3cc(Br)sc3Br)nn(C)c2N)c1. The number of nitrogens with two attached hydrogens (primary N) is 1. The van der Waals surface area contributed by atoms with Gasteiger partial charge in [-0.2, -0.15) is 5.10 Å². The van der Waals surface area contributed by atoms with Crippen LogP contribution in [0.3, 0.4) is 0 Å². The van der Waals surface area contributed by atoms with Crippen LogP contribution in [0.25, 0.3) is 22.4 Å². The number of anilines is 1. The highest BCUT2D eigenvalue weighted by molar-refractivity contribution is 9.12. The maximum absolute atomic E-state index is 6.26. The normalized spacial score (nSPS) is 11.0. The van der Waals surface area contributed by atoms with Crippen LogP contribution in [0.15, 0.2) is 37.9 Å². The quantitative estimate of drug-likeness (QED) is 0.609. The molecule has 0 aliphatic carbocycles. The Balaban J connectivity index is 2.28. The second kappa shape index (κ2) is 5.59. The van der Waals surface area contributed by atoms with Crippen molar-refractivity contribution in [1.82, 2.24) is 9.78 Å². The summed E-state index contributed by atoms with van der Waals surface area (Å²) < 4.78 is 3.83. The van der Waals surface area contributed by atoms with E-state index in [-0.39, 0.29) is 0 Å². The van der Waals surface area contributed by atoms with Gasteiger partial charge in [0.1, 0.15) is 11.5 Å². The Kier molecular flexibility index (Phi) is 3.94. The lowest BCUT2D eigenvalue weighted by molar-refractivity contribution is 0.782. The van der Waals surface area contributed by atoms with E-state index < -0.39 is 0 Å². The van der Waals surface area contributed by atoms with Crippen molar-refractivity contribution in [2.45, 2.75) is 6.92 Å². The number of nitrogen functional groups attached to an aromatic ring is 1. The molecule has 0 fully saturated rings. The molecule has 0 amide bonds. The lowest BCUT2D eigenvalue weighted by atomic mass is 10.0. The van der Waals surface area contributed by atoms with Crippen LogP contribution >= 0.6 is 43.2 Å². The van der Waals surface area contributed by atoms with E-state index in [0.717, 1.165) is 30.0 Å². The van der Waals surface area contributed by atoms with Gasteiger partial charge in [0.15, 0.2) is 0 Å². The van der Waals surface area contributed by atoms with Crippen LogP contribution in [0.1, 0.15) is 5.56 Å². The molecule has 0 aliphatic heterocycles. The van der Waals surface area contributed by atoms with Gasteiger partial charge in [0.05, 0.1) is 13.1 Å². The Labute approximate surface area is 144 Å². The van der Waals surface area contributed by atoms with Crippen LogP contribution in [0.4, 0.5) is 5.82 Å². The minimum atomic E-state index is 0.671. The van der Waals surface area contributed by atoms with Gasteiger partial charge in [-0.05, 0) is 50.4 Å². The molecule has 1 aromatic carbocycles. The maximum atomic E-state index is 6.26. The molecule has 2 aromatic heterocycles. The molecular weight excluding hydrogens is 414 g/mol. The van der Waals surface area contributed by atoms with E-state index in [1.807, 2.05) is 13.1 Å². The fourth-order valence-electron chi connectivity index (χ4n) is 2.31. The number of aryl methyl sites for hydroxylation is 2. The largest absolute Gasteiger partial charge is 0.383 e. The number of nitrogens with zero attached hydrogens (tertiary/aromatic N) is 2. The van der Waals surface area contributed by atoms with Crippen molar-refractivity contribution in [2.24, 2.45) is 7.05 Å². The smallest absolute Gasteiger partial charge is 0.129 e. The van der Waals surface area contributed by atoms with E-state index in [0.29, 0.717) is 5.82 Å². The van der Waals surface area contributed by atoms with Crippen LogP contribution in [-0.4, -0.2) is 9.78 Å². The van der Waals surface area contributed by atoms with Crippen LogP contribution in [0.5, 0.6) is 0 Å². The summed E-state index contributed by atoms with van der Waals surface area (Å²) in [6, 6.07) is 10.4. The third-order valence-corrected chi connectivity index (χ3v) is 5.65. The van der Waals surface area contributed by atoms with Crippen molar-refractivity contribution in [3.8, 4) is 22.4 Å². The molecule has 0 saturated heterocycles. The Hall–Kier alpha value is -1.11. The molecular formula is C15H13Br2N3S. The molecule has 0 aliphatic rings. The van der Waals surface area contributed by atoms with Gasteiger partial charge in [0.25, 0.3) is 0 Å². The number of benzene rings is 1. The van der Waals surface area contributed by atoms with Crippen molar-refractivity contribution in [3.05, 3.63) is 43.5 Å². The van der Waals surface area contributed by atoms with Crippen LogP contribution < -0.4 is 5.73 Å². The highest BCUT2D eigenvalue weighted by Gasteiger charge is 2.20. The number of rotatable bonds is 2. The molecule has 21 heavy (non-hydrogen) atoms. The average Bonchev–Trinajstić information content (AvgIpc) is 2.90. The molecule has 2 N–H and O–H groups in total. The molecule has 0 bridgehead atoms. The summed E-state index contributed by atoms with van der Waals surface area (Å²) in [5, 5.41) is 4.61. The lowest BCUT2D eigenvalue weighted by Crippen LogP contribution is -1.98. The van der Waals surface area contributed by atoms with E-state index in [1.54, 1.807) is 16.0 Å². The third-order valence-electron chi connectivity index (χ3n) is 3.31. The second-order valence-electron chi connectivity index (χ2n) is 4.84. The zero-order valence-electron chi connectivity index (χ0n) is 11.5. The molecule has 0 saturated carbocycles. The van der Waals surface area contributed by atoms with E-state index in [9.17, 15) is 0 Å². The Morgan fingerprint density at radius 2 is 2.00 bits per heavy atom. The summed E-state index contributed by atoms with van der Waals surface area (Å²) in [5.41, 5.74) is 11.5. The zero-order valence-corrected chi connectivity index (χ0v) is 15.5. The molecule has 108 valence electrons. The monoisotopic (exact) mass is 425 g/mol. The van der Waals surface area contributed by atoms with Gasteiger partial charge in [0.2, 0.25) is 0 Å². The van der Waals surface area contributed by atoms with Crippen LogP contribution in [0.2, 0.25) is 0 Å². The number of halogens is 2. The summed E-state index contributed by atoms with van der Waals surface area (Å²) in [6.07, 6.45) is 0. The molecule has 2 heterocycles. The van der Waals surface area contributed by atoms with Crippen molar-refractivity contribution >= 4 is 49.0 Å². The Morgan fingerprint density at radius 3 is 2.62 bits per heavy atom. The molecule has 0 radical (unpaired) electrons. The summed E-state index contributed by atoms with van der Waals surface area (Å²) in [7, 11) is 1.87. The fraction of sp³-hybridized carbons (Fsp3) is 0.133. The number of aromatic nitrogens is 2. The van der Waals surface area contributed by atoms with Crippen molar-refractivity contribution in [2.75, 3.05) is 5.73 Å². The molecule has 3 aromatic rings. The van der Waals surface area contributed by atoms with Gasteiger partial charge in [-0.1, -0.05) is 29.8 Å². The topological polar surface area (TPSA) is 43.8 Å². The molecule has 3 rings (SSSR count). The van der Waals surface area contributed by atoms with E-state index in [1.165, 1.54) is 5.56 Å². The third kappa shape index (κ3) is 2.67. The molecule has 0 atom stereocenters.